The van der Waals surface area contributed by atoms with Gasteiger partial charge in [0, 0.05) is 24.3 Å². The summed E-state index contributed by atoms with van der Waals surface area (Å²) in [6.07, 6.45) is 6.02. The Bertz CT molecular complexity index is 956. The van der Waals surface area contributed by atoms with Crippen LogP contribution >= 0.6 is 0 Å². The molecule has 5 rings (SSSR count). The summed E-state index contributed by atoms with van der Waals surface area (Å²) < 4.78 is 21.5. The van der Waals surface area contributed by atoms with Crippen molar-refractivity contribution in [3.8, 4) is 5.69 Å². The largest absolute Gasteiger partial charge is 0.388 e. The van der Waals surface area contributed by atoms with E-state index in [9.17, 15) is 4.39 Å². The minimum absolute atomic E-state index is 0.316. The second-order valence-corrected chi connectivity index (χ2v) is 6.93. The number of nitrogens with zero attached hydrogens (tertiary/aromatic N) is 4. The molecular weight excluding hydrogens is 333 g/mol. The van der Waals surface area contributed by atoms with Crippen LogP contribution in [0.4, 0.5) is 15.8 Å². The molecule has 0 aliphatic carbocycles. The number of hydrogen-bond donors (Lipinski definition) is 1. The van der Waals surface area contributed by atoms with Crippen LogP contribution in [-0.2, 0) is 4.74 Å². The Labute approximate surface area is 150 Å². The van der Waals surface area contributed by atoms with Crippen LogP contribution in [0.15, 0.2) is 36.7 Å². The van der Waals surface area contributed by atoms with Crippen molar-refractivity contribution >= 4 is 22.4 Å². The summed E-state index contributed by atoms with van der Waals surface area (Å²) in [6, 6.07) is 7.83. The van der Waals surface area contributed by atoms with Crippen LogP contribution < -0.4 is 10.2 Å². The van der Waals surface area contributed by atoms with Crippen molar-refractivity contribution in [1.82, 2.24) is 14.8 Å². The van der Waals surface area contributed by atoms with E-state index in [1.54, 1.807) is 23.9 Å². The van der Waals surface area contributed by atoms with Crippen LogP contribution in [-0.4, -0.2) is 47.1 Å². The standard InChI is InChI=1S/C19H20FN5O/c1-21-13-2-5-17(20)18(7-13)24-9-12-6-16(8-22-19(12)23-24)25-14-3-4-15(25)11-26-10-14/h2,5-9,14-15,21H,3-4,10-11H2,1H3. The van der Waals surface area contributed by atoms with E-state index in [0.29, 0.717) is 23.4 Å². The molecule has 0 radical (unpaired) electrons. The van der Waals surface area contributed by atoms with Gasteiger partial charge in [0.25, 0.3) is 0 Å². The van der Waals surface area contributed by atoms with E-state index in [1.807, 2.05) is 12.4 Å². The van der Waals surface area contributed by atoms with Crippen molar-refractivity contribution in [1.29, 1.82) is 0 Å². The molecule has 2 bridgehead atoms. The maximum absolute atomic E-state index is 14.3. The maximum atomic E-state index is 14.3. The third-order valence-electron chi connectivity index (χ3n) is 5.36. The SMILES string of the molecule is CNc1ccc(F)c(-n2cc3cc(N4C5CCC4COC5)cnc3n2)c1. The molecule has 3 aromatic rings. The second kappa shape index (κ2) is 5.95. The molecule has 6 nitrogen and oxygen atoms in total. The molecule has 2 aliphatic heterocycles. The Morgan fingerprint density at radius 1 is 1.19 bits per heavy atom. The number of aromatic nitrogens is 3. The molecule has 2 fully saturated rings. The van der Waals surface area contributed by atoms with Gasteiger partial charge in [-0.2, -0.15) is 0 Å². The zero-order valence-electron chi connectivity index (χ0n) is 14.5. The number of benzene rings is 1. The molecule has 0 spiro atoms. The Kier molecular flexibility index (Phi) is 3.56. The van der Waals surface area contributed by atoms with Crippen LogP contribution in [0, 0.1) is 5.82 Å². The molecule has 0 saturated carbocycles. The molecular formula is C19H20FN5O. The summed E-state index contributed by atoms with van der Waals surface area (Å²) in [7, 11) is 1.81. The zero-order valence-corrected chi connectivity index (χ0v) is 14.5. The Morgan fingerprint density at radius 2 is 2.00 bits per heavy atom. The van der Waals surface area contributed by atoms with Crippen LogP contribution in [0.25, 0.3) is 16.7 Å². The summed E-state index contributed by atoms with van der Waals surface area (Å²) in [5, 5.41) is 8.38. The van der Waals surface area contributed by atoms with Gasteiger partial charge in [-0.05, 0) is 37.1 Å². The van der Waals surface area contributed by atoms with Gasteiger partial charge in [0.05, 0.1) is 37.2 Å². The third kappa shape index (κ3) is 2.42. The zero-order chi connectivity index (χ0) is 17.7. The van der Waals surface area contributed by atoms with Crippen molar-refractivity contribution < 1.29 is 9.13 Å². The molecule has 2 atom stereocenters. The summed E-state index contributed by atoms with van der Waals surface area (Å²) in [5.74, 6) is -0.316. The van der Waals surface area contributed by atoms with Crippen molar-refractivity contribution in [3.05, 3.63) is 42.5 Å². The highest BCUT2D eigenvalue weighted by molar-refractivity contribution is 5.79. The topological polar surface area (TPSA) is 55.2 Å². The number of pyridine rings is 1. The summed E-state index contributed by atoms with van der Waals surface area (Å²) in [6.45, 7) is 1.55. The van der Waals surface area contributed by atoms with Crippen LogP contribution in [0.1, 0.15) is 12.8 Å². The molecule has 1 aromatic carbocycles. The first-order chi connectivity index (χ1) is 12.7. The molecule has 2 unspecified atom stereocenters. The number of fused-ring (bicyclic) bond motifs is 3. The predicted molar refractivity (Wildman–Crippen MR) is 98.5 cm³/mol. The van der Waals surface area contributed by atoms with Gasteiger partial charge in [-0.25, -0.2) is 14.1 Å². The van der Waals surface area contributed by atoms with Crippen LogP contribution in [0.2, 0.25) is 0 Å². The van der Waals surface area contributed by atoms with E-state index in [2.05, 4.69) is 26.4 Å². The van der Waals surface area contributed by atoms with Gasteiger partial charge in [-0.3, -0.25) is 0 Å². The maximum Gasteiger partial charge on any atom is 0.181 e. The van der Waals surface area contributed by atoms with Gasteiger partial charge in [0.1, 0.15) is 11.5 Å². The van der Waals surface area contributed by atoms with Gasteiger partial charge in [-0.15, -0.1) is 5.10 Å². The molecule has 2 saturated heterocycles. The quantitative estimate of drug-likeness (QED) is 0.785. The van der Waals surface area contributed by atoms with E-state index < -0.39 is 0 Å². The lowest BCUT2D eigenvalue weighted by Gasteiger charge is -2.36. The number of ether oxygens (including phenoxy) is 1. The van der Waals surface area contributed by atoms with Gasteiger partial charge in [0.2, 0.25) is 0 Å². The van der Waals surface area contributed by atoms with Crippen LogP contribution in [0.3, 0.4) is 0 Å². The first-order valence-electron chi connectivity index (χ1n) is 8.92. The highest BCUT2D eigenvalue weighted by Gasteiger charge is 2.37. The lowest BCUT2D eigenvalue weighted by atomic mass is 10.2. The average Bonchev–Trinajstić information content (AvgIpc) is 3.19. The van der Waals surface area contributed by atoms with Crippen molar-refractivity contribution in [2.75, 3.05) is 30.5 Å². The summed E-state index contributed by atoms with van der Waals surface area (Å²) in [4.78, 5) is 6.95. The molecule has 2 aromatic heterocycles. The van der Waals surface area contributed by atoms with Gasteiger partial charge in [-0.1, -0.05) is 0 Å². The molecule has 0 amide bonds. The van der Waals surface area contributed by atoms with Crippen molar-refractivity contribution in [2.24, 2.45) is 0 Å². The lowest BCUT2D eigenvalue weighted by Crippen LogP contribution is -2.45. The number of morpholine rings is 1. The fourth-order valence-electron chi connectivity index (χ4n) is 4.06. The van der Waals surface area contributed by atoms with Crippen molar-refractivity contribution in [2.45, 2.75) is 24.9 Å². The molecule has 134 valence electrons. The Morgan fingerprint density at radius 3 is 2.77 bits per heavy atom. The number of anilines is 2. The molecule has 2 aliphatic rings. The third-order valence-corrected chi connectivity index (χ3v) is 5.36. The van der Waals surface area contributed by atoms with E-state index in [-0.39, 0.29) is 5.82 Å². The molecule has 1 N–H and O–H groups in total. The number of nitrogens with one attached hydrogen (secondary N) is 1. The predicted octanol–water partition coefficient (Wildman–Crippen LogP) is 2.97. The van der Waals surface area contributed by atoms with Gasteiger partial charge in [0.15, 0.2) is 5.65 Å². The first-order valence-corrected chi connectivity index (χ1v) is 8.92. The van der Waals surface area contributed by atoms with E-state index in [1.165, 1.54) is 6.07 Å². The minimum Gasteiger partial charge on any atom is -0.388 e. The lowest BCUT2D eigenvalue weighted by molar-refractivity contribution is 0.0906. The number of hydrogen-bond acceptors (Lipinski definition) is 5. The second-order valence-electron chi connectivity index (χ2n) is 6.93. The Hall–Kier alpha value is -2.67. The van der Waals surface area contributed by atoms with Gasteiger partial charge < -0.3 is 15.0 Å². The molecule has 26 heavy (non-hydrogen) atoms. The fraction of sp³-hybridized carbons (Fsp3) is 0.368. The summed E-state index contributed by atoms with van der Waals surface area (Å²) in [5.41, 5.74) is 2.95. The monoisotopic (exact) mass is 353 g/mol. The normalized spacial score (nSPS) is 22.2. The minimum atomic E-state index is -0.316. The van der Waals surface area contributed by atoms with Crippen LogP contribution in [0.5, 0.6) is 0 Å². The Balaban J connectivity index is 1.55. The first kappa shape index (κ1) is 15.6. The molecule has 7 heteroatoms. The average molecular weight is 353 g/mol. The molecule has 4 heterocycles. The summed E-state index contributed by atoms with van der Waals surface area (Å²) >= 11 is 0. The fourth-order valence-corrected chi connectivity index (χ4v) is 4.06. The highest BCUT2D eigenvalue weighted by Crippen LogP contribution is 2.34. The van der Waals surface area contributed by atoms with E-state index >= 15 is 0 Å². The number of halogens is 1. The van der Waals surface area contributed by atoms with E-state index in [4.69, 9.17) is 4.74 Å². The highest BCUT2D eigenvalue weighted by atomic mass is 19.1. The van der Waals surface area contributed by atoms with E-state index in [0.717, 1.165) is 42.8 Å². The number of rotatable bonds is 3. The van der Waals surface area contributed by atoms with Gasteiger partial charge >= 0.3 is 0 Å². The smallest absolute Gasteiger partial charge is 0.181 e. The van der Waals surface area contributed by atoms with Crippen molar-refractivity contribution in [3.63, 3.8) is 0 Å².